The van der Waals surface area contributed by atoms with Crippen LogP contribution in [0.3, 0.4) is 0 Å². The maximum absolute atomic E-state index is 4.18. The number of halogens is 1. The van der Waals surface area contributed by atoms with Crippen LogP contribution in [-0.2, 0) is 0 Å². The molecule has 1 aliphatic heterocycles. The largest absolute Gasteiger partial charge is 0.316 e. The SMILES string of the molecule is ISNN=C1CCNCC1. The lowest BCUT2D eigenvalue weighted by molar-refractivity contribution is 0.667. The molecule has 0 saturated carbocycles. The lowest BCUT2D eigenvalue weighted by Crippen LogP contribution is -2.28. The molecule has 0 unspecified atom stereocenters. The maximum Gasteiger partial charge on any atom is 0.0414 e. The highest BCUT2D eigenvalue weighted by atomic mass is 127. The second kappa shape index (κ2) is 5.20. The van der Waals surface area contributed by atoms with Crippen LogP contribution in [0.4, 0.5) is 0 Å². The standard InChI is InChI=1S/C5H10IN3S/c6-10-9-8-5-1-3-7-4-2-5/h7,9H,1-4H2. The van der Waals surface area contributed by atoms with Crippen LogP contribution in [-0.4, -0.2) is 18.8 Å². The van der Waals surface area contributed by atoms with Gasteiger partial charge in [0.15, 0.2) is 0 Å². The van der Waals surface area contributed by atoms with E-state index in [1.165, 1.54) is 14.8 Å². The quantitative estimate of drug-likeness (QED) is 0.452. The van der Waals surface area contributed by atoms with E-state index in [-0.39, 0.29) is 0 Å². The lowest BCUT2D eigenvalue weighted by atomic mass is 10.1. The predicted octanol–water partition coefficient (Wildman–Crippen LogP) is 1.31. The topological polar surface area (TPSA) is 36.4 Å². The van der Waals surface area contributed by atoms with Gasteiger partial charge in [-0.25, -0.2) is 4.83 Å². The summed E-state index contributed by atoms with van der Waals surface area (Å²) in [5, 5.41) is 7.46. The smallest absolute Gasteiger partial charge is 0.0414 e. The van der Waals surface area contributed by atoms with Crippen molar-refractivity contribution in [1.82, 2.24) is 10.1 Å². The Morgan fingerprint density at radius 1 is 1.50 bits per heavy atom. The molecule has 0 spiro atoms. The van der Waals surface area contributed by atoms with E-state index in [0.29, 0.717) is 0 Å². The number of nitrogens with zero attached hydrogens (tertiary/aromatic N) is 1. The zero-order chi connectivity index (χ0) is 7.23. The van der Waals surface area contributed by atoms with E-state index < -0.39 is 0 Å². The van der Waals surface area contributed by atoms with Gasteiger partial charge in [0.2, 0.25) is 0 Å². The minimum absolute atomic E-state index is 1.08. The normalized spacial score (nSPS) is 18.7. The Labute approximate surface area is 77.1 Å². The summed E-state index contributed by atoms with van der Waals surface area (Å²) in [6.45, 7) is 2.15. The first kappa shape index (κ1) is 8.61. The molecule has 0 aromatic carbocycles. The number of hydrazone groups is 1. The van der Waals surface area contributed by atoms with Gasteiger partial charge in [0.1, 0.15) is 0 Å². The number of nitrogens with one attached hydrogen (secondary N) is 2. The van der Waals surface area contributed by atoms with E-state index in [4.69, 9.17) is 0 Å². The van der Waals surface area contributed by atoms with Crippen molar-refractivity contribution in [2.24, 2.45) is 5.10 Å². The molecule has 0 aromatic rings. The van der Waals surface area contributed by atoms with Crippen LogP contribution in [0.25, 0.3) is 0 Å². The lowest BCUT2D eigenvalue weighted by Gasteiger charge is -2.13. The van der Waals surface area contributed by atoms with Crippen LogP contribution in [0, 0.1) is 0 Å². The molecule has 2 N–H and O–H groups in total. The zero-order valence-corrected chi connectivity index (χ0v) is 8.54. The highest BCUT2D eigenvalue weighted by molar-refractivity contribution is 14.2. The Bertz CT molecular complexity index is 120. The average molecular weight is 271 g/mol. The Hall–Kier alpha value is 0.510. The van der Waals surface area contributed by atoms with Crippen LogP contribution >= 0.6 is 30.3 Å². The van der Waals surface area contributed by atoms with Crippen LogP contribution in [0.15, 0.2) is 5.10 Å². The summed E-state index contributed by atoms with van der Waals surface area (Å²) >= 11 is 2.17. The van der Waals surface area contributed by atoms with Gasteiger partial charge in [-0.1, -0.05) is 0 Å². The van der Waals surface area contributed by atoms with Crippen molar-refractivity contribution in [2.75, 3.05) is 13.1 Å². The van der Waals surface area contributed by atoms with E-state index in [2.05, 4.69) is 36.5 Å². The van der Waals surface area contributed by atoms with Crippen LogP contribution in [0.1, 0.15) is 12.8 Å². The fourth-order valence-electron chi connectivity index (χ4n) is 0.909. The van der Waals surface area contributed by atoms with E-state index in [0.717, 1.165) is 25.9 Å². The summed E-state index contributed by atoms with van der Waals surface area (Å²) in [5.74, 6) is 0. The van der Waals surface area contributed by atoms with Gasteiger partial charge in [0, 0.05) is 62.0 Å². The van der Waals surface area contributed by atoms with Crippen LogP contribution in [0.2, 0.25) is 0 Å². The van der Waals surface area contributed by atoms with Gasteiger partial charge in [0.25, 0.3) is 0 Å². The first-order valence-corrected chi connectivity index (χ1v) is 6.58. The van der Waals surface area contributed by atoms with Gasteiger partial charge in [-0.15, -0.1) is 0 Å². The molecule has 0 bridgehead atoms. The molecule has 1 saturated heterocycles. The molecular weight excluding hydrogens is 261 g/mol. The number of hydrogen-bond acceptors (Lipinski definition) is 4. The van der Waals surface area contributed by atoms with E-state index >= 15 is 0 Å². The molecule has 10 heavy (non-hydrogen) atoms. The van der Waals surface area contributed by atoms with Gasteiger partial charge in [0.05, 0.1) is 0 Å². The monoisotopic (exact) mass is 271 g/mol. The molecule has 1 aliphatic rings. The third-order valence-electron chi connectivity index (χ3n) is 1.42. The highest BCUT2D eigenvalue weighted by Crippen LogP contribution is 2.05. The van der Waals surface area contributed by atoms with Gasteiger partial charge < -0.3 is 5.32 Å². The third-order valence-corrected chi connectivity index (χ3v) is 2.17. The Kier molecular flexibility index (Phi) is 4.47. The molecule has 3 nitrogen and oxygen atoms in total. The van der Waals surface area contributed by atoms with E-state index in [1.54, 1.807) is 0 Å². The van der Waals surface area contributed by atoms with Gasteiger partial charge in [-0.05, 0) is 0 Å². The Balaban J connectivity index is 2.23. The van der Waals surface area contributed by atoms with E-state index in [1.807, 2.05) is 0 Å². The third kappa shape index (κ3) is 3.07. The minimum atomic E-state index is 1.08. The summed E-state index contributed by atoms with van der Waals surface area (Å²) in [5.41, 5.74) is 1.28. The fourth-order valence-corrected chi connectivity index (χ4v) is 1.37. The van der Waals surface area contributed by atoms with Crippen molar-refractivity contribution < 1.29 is 0 Å². The Morgan fingerprint density at radius 2 is 2.20 bits per heavy atom. The van der Waals surface area contributed by atoms with Gasteiger partial charge in [-0.3, -0.25) is 0 Å². The number of rotatable bonds is 2. The molecule has 1 fully saturated rings. The second-order valence-corrected chi connectivity index (χ2v) is 3.75. The molecule has 0 aliphatic carbocycles. The molecule has 1 heterocycles. The van der Waals surface area contributed by atoms with Gasteiger partial charge >= 0.3 is 0 Å². The molecule has 58 valence electrons. The second-order valence-electron chi connectivity index (χ2n) is 2.10. The van der Waals surface area contributed by atoms with Crippen molar-refractivity contribution in [3.8, 4) is 0 Å². The van der Waals surface area contributed by atoms with Crippen molar-refractivity contribution >= 4 is 36.0 Å². The molecule has 5 heteroatoms. The summed E-state index contributed by atoms with van der Waals surface area (Å²) in [6.07, 6.45) is 2.17. The summed E-state index contributed by atoms with van der Waals surface area (Å²) in [4.78, 5) is 2.88. The molecular formula is C5H10IN3S. The van der Waals surface area contributed by atoms with Crippen molar-refractivity contribution in [3.05, 3.63) is 0 Å². The number of piperidine rings is 1. The summed E-state index contributed by atoms with van der Waals surface area (Å²) in [6, 6.07) is 0. The minimum Gasteiger partial charge on any atom is -0.316 e. The van der Waals surface area contributed by atoms with Crippen LogP contribution in [0.5, 0.6) is 0 Å². The molecule has 0 radical (unpaired) electrons. The fraction of sp³-hybridized carbons (Fsp3) is 0.800. The maximum atomic E-state index is 4.18. The molecule has 1 rings (SSSR count). The summed E-state index contributed by atoms with van der Waals surface area (Å²) < 4.78 is 0. The molecule has 0 atom stereocenters. The Morgan fingerprint density at radius 3 is 2.80 bits per heavy atom. The van der Waals surface area contributed by atoms with Crippen molar-refractivity contribution in [3.63, 3.8) is 0 Å². The number of hydrogen-bond donors (Lipinski definition) is 2. The highest BCUT2D eigenvalue weighted by Gasteiger charge is 2.04. The molecule has 0 aromatic heterocycles. The first-order valence-electron chi connectivity index (χ1n) is 3.22. The van der Waals surface area contributed by atoms with Gasteiger partial charge in [-0.2, -0.15) is 5.10 Å². The molecule has 0 amide bonds. The average Bonchev–Trinajstić information content (AvgIpc) is 2.03. The van der Waals surface area contributed by atoms with E-state index in [9.17, 15) is 0 Å². The predicted molar refractivity (Wildman–Crippen MR) is 54.3 cm³/mol. The van der Waals surface area contributed by atoms with Crippen LogP contribution < -0.4 is 10.1 Å². The van der Waals surface area contributed by atoms with Crippen molar-refractivity contribution in [2.45, 2.75) is 12.8 Å². The zero-order valence-electron chi connectivity index (χ0n) is 5.56. The van der Waals surface area contributed by atoms with Crippen molar-refractivity contribution in [1.29, 1.82) is 0 Å². The first-order chi connectivity index (χ1) is 4.93. The summed E-state index contributed by atoms with van der Waals surface area (Å²) in [7, 11) is 1.51.